The smallest absolute Gasteiger partial charge is 0.336 e. The van der Waals surface area contributed by atoms with Crippen molar-refractivity contribution in [3.05, 3.63) is 40.8 Å². The van der Waals surface area contributed by atoms with Crippen molar-refractivity contribution in [3.63, 3.8) is 0 Å². The molecule has 4 heteroatoms. The summed E-state index contributed by atoms with van der Waals surface area (Å²) in [4.78, 5) is 21.6. The van der Waals surface area contributed by atoms with Crippen LogP contribution >= 0.6 is 0 Å². The second-order valence-corrected chi connectivity index (χ2v) is 3.05. The van der Waals surface area contributed by atoms with Crippen molar-refractivity contribution < 1.29 is 13.9 Å². The van der Waals surface area contributed by atoms with Crippen LogP contribution in [0.4, 0.5) is 0 Å². The van der Waals surface area contributed by atoms with Gasteiger partial charge >= 0.3 is 11.6 Å². The van der Waals surface area contributed by atoms with E-state index in [9.17, 15) is 9.59 Å². The Labute approximate surface area is 85.1 Å². The Morgan fingerprint density at radius 3 is 2.80 bits per heavy atom. The standard InChI is InChI=1S/C11H8O4/c1-7(12)14-9-3-4-10-8(6-9)2-5-11(13)15-10/h2-6H,1H3. The third-order valence-electron chi connectivity index (χ3n) is 1.85. The Hall–Kier alpha value is -2.10. The molecular weight excluding hydrogens is 196 g/mol. The van der Waals surface area contributed by atoms with E-state index >= 15 is 0 Å². The van der Waals surface area contributed by atoms with E-state index in [1.807, 2.05) is 0 Å². The molecule has 0 bridgehead atoms. The van der Waals surface area contributed by atoms with E-state index in [2.05, 4.69) is 0 Å². The van der Waals surface area contributed by atoms with Crippen LogP contribution in [0.5, 0.6) is 5.75 Å². The van der Waals surface area contributed by atoms with Crippen molar-refractivity contribution in [3.8, 4) is 5.75 Å². The molecule has 1 aromatic heterocycles. The summed E-state index contributed by atoms with van der Waals surface area (Å²) in [6.07, 6.45) is 0. The highest BCUT2D eigenvalue weighted by atomic mass is 16.5. The molecule has 0 unspecified atom stereocenters. The van der Waals surface area contributed by atoms with Gasteiger partial charge in [-0.2, -0.15) is 0 Å². The van der Waals surface area contributed by atoms with Crippen molar-refractivity contribution in [2.24, 2.45) is 0 Å². The normalized spacial score (nSPS) is 10.2. The van der Waals surface area contributed by atoms with Crippen LogP contribution < -0.4 is 10.4 Å². The highest BCUT2D eigenvalue weighted by Crippen LogP contribution is 2.19. The second kappa shape index (κ2) is 3.57. The lowest BCUT2D eigenvalue weighted by Crippen LogP contribution is -2.01. The first kappa shape index (κ1) is 9.45. The van der Waals surface area contributed by atoms with E-state index in [0.717, 1.165) is 0 Å². The Bertz CT molecular complexity index is 568. The average molecular weight is 204 g/mol. The molecular formula is C11H8O4. The second-order valence-electron chi connectivity index (χ2n) is 3.05. The Kier molecular flexibility index (Phi) is 2.25. The zero-order valence-electron chi connectivity index (χ0n) is 8.02. The van der Waals surface area contributed by atoms with Gasteiger partial charge in [0.2, 0.25) is 0 Å². The van der Waals surface area contributed by atoms with Gasteiger partial charge in [0.05, 0.1) is 0 Å². The third kappa shape index (κ3) is 2.04. The van der Waals surface area contributed by atoms with Gasteiger partial charge in [0.1, 0.15) is 11.3 Å². The van der Waals surface area contributed by atoms with Gasteiger partial charge in [-0.3, -0.25) is 4.79 Å². The molecule has 0 aliphatic heterocycles. The first-order valence-electron chi connectivity index (χ1n) is 4.37. The molecule has 0 N–H and O–H groups in total. The summed E-state index contributed by atoms with van der Waals surface area (Å²) in [7, 11) is 0. The van der Waals surface area contributed by atoms with E-state index in [0.29, 0.717) is 16.7 Å². The van der Waals surface area contributed by atoms with Crippen LogP contribution in [0.2, 0.25) is 0 Å². The van der Waals surface area contributed by atoms with Crippen molar-refractivity contribution in [2.75, 3.05) is 0 Å². The number of esters is 1. The Morgan fingerprint density at radius 2 is 2.07 bits per heavy atom. The molecule has 4 nitrogen and oxygen atoms in total. The molecule has 0 aliphatic rings. The van der Waals surface area contributed by atoms with Gasteiger partial charge in [0, 0.05) is 18.4 Å². The van der Waals surface area contributed by atoms with Gasteiger partial charge < -0.3 is 9.15 Å². The van der Waals surface area contributed by atoms with Crippen LogP contribution in [0.1, 0.15) is 6.92 Å². The molecule has 0 radical (unpaired) electrons. The number of ether oxygens (including phenoxy) is 1. The van der Waals surface area contributed by atoms with Gasteiger partial charge in [-0.05, 0) is 24.3 Å². The Morgan fingerprint density at radius 1 is 1.27 bits per heavy atom. The number of fused-ring (bicyclic) bond motifs is 1. The van der Waals surface area contributed by atoms with Crippen LogP contribution in [0.15, 0.2) is 39.5 Å². The SMILES string of the molecule is CC(=O)Oc1ccc2oc(=O)ccc2c1. The molecule has 1 aromatic carbocycles. The van der Waals surface area contributed by atoms with Gasteiger partial charge in [-0.15, -0.1) is 0 Å². The zero-order chi connectivity index (χ0) is 10.8. The summed E-state index contributed by atoms with van der Waals surface area (Å²) in [5, 5.41) is 0.716. The lowest BCUT2D eigenvalue weighted by atomic mass is 10.2. The summed E-state index contributed by atoms with van der Waals surface area (Å²) in [6, 6.07) is 7.75. The molecule has 0 spiro atoms. The molecule has 0 fully saturated rings. The summed E-state index contributed by atoms with van der Waals surface area (Å²) in [6.45, 7) is 1.33. The van der Waals surface area contributed by atoms with Crippen molar-refractivity contribution in [2.45, 2.75) is 6.92 Å². The highest BCUT2D eigenvalue weighted by Gasteiger charge is 2.01. The third-order valence-corrected chi connectivity index (χ3v) is 1.85. The van der Waals surface area contributed by atoms with Crippen molar-refractivity contribution in [1.29, 1.82) is 0 Å². The molecule has 1 heterocycles. The maximum absolute atomic E-state index is 10.9. The van der Waals surface area contributed by atoms with Gasteiger partial charge in [0.15, 0.2) is 0 Å². The highest BCUT2D eigenvalue weighted by molar-refractivity contribution is 5.79. The number of hydrogen-bond acceptors (Lipinski definition) is 4. The van der Waals surface area contributed by atoms with Gasteiger partial charge in [-0.25, -0.2) is 4.79 Å². The van der Waals surface area contributed by atoms with Crippen LogP contribution in [0.25, 0.3) is 11.0 Å². The topological polar surface area (TPSA) is 56.5 Å². The minimum atomic E-state index is -0.400. The van der Waals surface area contributed by atoms with E-state index in [4.69, 9.17) is 9.15 Å². The van der Waals surface area contributed by atoms with Crippen LogP contribution in [0.3, 0.4) is 0 Å². The fourth-order valence-corrected chi connectivity index (χ4v) is 1.28. The van der Waals surface area contributed by atoms with E-state index in [1.165, 1.54) is 13.0 Å². The fourth-order valence-electron chi connectivity index (χ4n) is 1.28. The number of carbonyl (C=O) groups is 1. The fraction of sp³-hybridized carbons (Fsp3) is 0.0909. The quantitative estimate of drug-likeness (QED) is 0.403. The molecule has 2 rings (SSSR count). The summed E-state index contributed by atoms with van der Waals surface area (Å²) in [5.74, 6) is 0.0515. The summed E-state index contributed by atoms with van der Waals surface area (Å²) in [5.41, 5.74) is 0.0705. The molecule has 0 saturated heterocycles. The molecule has 2 aromatic rings. The molecule has 15 heavy (non-hydrogen) atoms. The minimum Gasteiger partial charge on any atom is -0.427 e. The number of benzene rings is 1. The molecule has 0 amide bonds. The lowest BCUT2D eigenvalue weighted by molar-refractivity contribution is -0.131. The first-order chi connectivity index (χ1) is 7.15. The average Bonchev–Trinajstić information content (AvgIpc) is 2.17. The van der Waals surface area contributed by atoms with E-state index in [-0.39, 0.29) is 5.97 Å². The maximum Gasteiger partial charge on any atom is 0.336 e. The van der Waals surface area contributed by atoms with Crippen LogP contribution in [0, 0.1) is 0 Å². The lowest BCUT2D eigenvalue weighted by Gasteiger charge is -2.01. The van der Waals surface area contributed by atoms with Gasteiger partial charge in [-0.1, -0.05) is 0 Å². The zero-order valence-corrected chi connectivity index (χ0v) is 8.02. The molecule has 76 valence electrons. The predicted octanol–water partition coefficient (Wildman–Crippen LogP) is 1.72. The van der Waals surface area contributed by atoms with E-state index in [1.54, 1.807) is 24.3 Å². The number of hydrogen-bond donors (Lipinski definition) is 0. The first-order valence-corrected chi connectivity index (χ1v) is 4.37. The summed E-state index contributed by atoms with van der Waals surface area (Å²) < 4.78 is 9.82. The molecule has 0 atom stereocenters. The summed E-state index contributed by atoms with van der Waals surface area (Å²) >= 11 is 0. The van der Waals surface area contributed by atoms with Crippen LogP contribution in [-0.2, 0) is 4.79 Å². The monoisotopic (exact) mass is 204 g/mol. The van der Waals surface area contributed by atoms with Crippen molar-refractivity contribution in [1.82, 2.24) is 0 Å². The largest absolute Gasteiger partial charge is 0.427 e. The number of carbonyl (C=O) groups excluding carboxylic acids is 1. The maximum atomic E-state index is 10.9. The minimum absolute atomic E-state index is 0.383. The van der Waals surface area contributed by atoms with Crippen molar-refractivity contribution >= 4 is 16.9 Å². The number of rotatable bonds is 1. The molecule has 0 aliphatic carbocycles. The molecule has 0 saturated carbocycles. The van der Waals surface area contributed by atoms with Gasteiger partial charge in [0.25, 0.3) is 0 Å². The van der Waals surface area contributed by atoms with E-state index < -0.39 is 5.63 Å². The Balaban J connectivity index is 2.52. The predicted molar refractivity (Wildman–Crippen MR) is 53.8 cm³/mol. The van der Waals surface area contributed by atoms with Crippen LogP contribution in [-0.4, -0.2) is 5.97 Å².